The second kappa shape index (κ2) is 12.4. The molecule has 0 saturated heterocycles. The Labute approximate surface area is 201 Å². The molecule has 2 aromatic heterocycles. The van der Waals surface area contributed by atoms with E-state index in [1.807, 2.05) is 0 Å². The molecule has 0 atom stereocenters. The molecule has 0 saturated carbocycles. The molecule has 4 rings (SSSR count). The monoisotopic (exact) mass is 468 g/mol. The van der Waals surface area contributed by atoms with Gasteiger partial charge in [0.25, 0.3) is 5.91 Å². The van der Waals surface area contributed by atoms with Gasteiger partial charge in [0, 0.05) is 36.1 Å². The van der Waals surface area contributed by atoms with Gasteiger partial charge >= 0.3 is 0 Å². The van der Waals surface area contributed by atoms with Gasteiger partial charge in [-0.2, -0.15) is 0 Å². The molecular weight excluding hydrogens is 436 g/mol. The lowest BCUT2D eigenvalue weighted by Crippen LogP contribution is -2.24. The maximum atomic E-state index is 12.1. The highest BCUT2D eigenvalue weighted by Crippen LogP contribution is 2.33. The van der Waals surface area contributed by atoms with Gasteiger partial charge in [-0.15, -0.1) is 12.4 Å². The molecule has 176 valence electrons. The Morgan fingerprint density at radius 1 is 0.970 bits per heavy atom. The van der Waals surface area contributed by atoms with Crippen LogP contribution >= 0.6 is 12.4 Å². The number of unbranched alkanes of at least 4 members (excludes halogenated alkanes) is 3. The van der Waals surface area contributed by atoms with E-state index in [1.54, 1.807) is 12.1 Å². The van der Waals surface area contributed by atoms with Crippen LogP contribution in [0.5, 0.6) is 0 Å². The molecule has 1 aromatic carbocycles. The highest BCUT2D eigenvalue weighted by atomic mass is 35.5. The molecule has 1 aliphatic carbocycles. The van der Waals surface area contributed by atoms with Crippen LogP contribution in [0.1, 0.15) is 60.1 Å². The zero-order chi connectivity index (χ0) is 22.2. The number of rotatable bonds is 10. The van der Waals surface area contributed by atoms with Crippen molar-refractivity contribution in [2.45, 2.75) is 51.4 Å². The number of fused-ring (bicyclic) bond motifs is 2. The minimum absolute atomic E-state index is 0. The van der Waals surface area contributed by atoms with Crippen molar-refractivity contribution in [1.82, 2.24) is 15.3 Å². The summed E-state index contributed by atoms with van der Waals surface area (Å²) < 4.78 is 0. The predicted octanol–water partition coefficient (Wildman–Crippen LogP) is 4.62. The maximum absolute atomic E-state index is 12.1. The second-order valence-corrected chi connectivity index (χ2v) is 8.31. The van der Waals surface area contributed by atoms with Crippen LogP contribution in [0.25, 0.3) is 10.9 Å². The van der Waals surface area contributed by atoms with E-state index in [0.717, 1.165) is 50.6 Å². The van der Waals surface area contributed by atoms with Crippen LogP contribution in [0.4, 0.5) is 11.5 Å². The third-order valence-electron chi connectivity index (χ3n) is 6.03. The van der Waals surface area contributed by atoms with Crippen LogP contribution in [-0.4, -0.2) is 29.0 Å². The standard InChI is InChI=1S/C25H32N6O.ClH/c26-31-23-14-13-18(17-29-23)25(32)28-16-8-2-1-7-15-27-24-19-9-3-5-11-21(19)30-22-12-6-4-10-20(22)24;/h3,5,9,11,13-14,17H,1-2,4,6-8,10,12,15-16,26H2,(H,27,30)(H,28,32)(H,29,31);1H. The molecule has 0 unspecified atom stereocenters. The van der Waals surface area contributed by atoms with Gasteiger partial charge in [-0.05, 0) is 62.3 Å². The summed E-state index contributed by atoms with van der Waals surface area (Å²) in [6.07, 6.45) is 10.5. The number of aryl methyl sites for hydroxylation is 1. The number of nitrogens with two attached hydrogens (primary N) is 1. The number of hydrazine groups is 1. The molecular formula is C25H33ClN6O. The van der Waals surface area contributed by atoms with E-state index in [4.69, 9.17) is 10.8 Å². The SMILES string of the molecule is Cl.NNc1ccc(C(=O)NCCCCCCNc2c3c(nc4ccccc24)CCCC3)cn1. The van der Waals surface area contributed by atoms with Gasteiger partial charge in [0.2, 0.25) is 0 Å². The molecule has 0 spiro atoms. The van der Waals surface area contributed by atoms with Crippen molar-refractivity contribution < 1.29 is 4.79 Å². The Hall–Kier alpha value is -2.90. The van der Waals surface area contributed by atoms with Crippen molar-refractivity contribution in [2.24, 2.45) is 5.84 Å². The number of para-hydroxylation sites is 1. The molecule has 1 amide bonds. The molecule has 7 nitrogen and oxygen atoms in total. The van der Waals surface area contributed by atoms with E-state index in [9.17, 15) is 4.79 Å². The third kappa shape index (κ3) is 6.33. The Bertz CT molecular complexity index is 1060. The number of nitrogens with zero attached hydrogens (tertiary/aromatic N) is 2. The Morgan fingerprint density at radius 2 is 1.76 bits per heavy atom. The molecule has 5 N–H and O–H groups in total. The number of halogens is 1. The Kier molecular flexibility index (Phi) is 9.27. The van der Waals surface area contributed by atoms with E-state index in [-0.39, 0.29) is 18.3 Å². The Morgan fingerprint density at radius 3 is 2.55 bits per heavy atom. The van der Waals surface area contributed by atoms with E-state index in [1.165, 1.54) is 41.4 Å². The Balaban J connectivity index is 0.00000306. The van der Waals surface area contributed by atoms with Crippen LogP contribution in [0.15, 0.2) is 42.6 Å². The lowest BCUT2D eigenvalue weighted by Gasteiger charge is -2.21. The average Bonchev–Trinajstić information content (AvgIpc) is 2.85. The molecule has 1 aliphatic rings. The number of nitrogen functional groups attached to an aromatic ring is 1. The largest absolute Gasteiger partial charge is 0.384 e. The first-order chi connectivity index (χ1) is 15.8. The first-order valence-electron chi connectivity index (χ1n) is 11.6. The number of carbonyl (C=O) groups excluding carboxylic acids is 1. The molecule has 0 bridgehead atoms. The molecule has 2 heterocycles. The quantitative estimate of drug-likeness (QED) is 0.196. The molecule has 0 radical (unpaired) electrons. The van der Waals surface area contributed by atoms with Crippen molar-refractivity contribution in [2.75, 3.05) is 23.8 Å². The maximum Gasteiger partial charge on any atom is 0.252 e. The van der Waals surface area contributed by atoms with Crippen molar-refractivity contribution in [1.29, 1.82) is 0 Å². The first kappa shape index (κ1) is 24.7. The highest BCUT2D eigenvalue weighted by Gasteiger charge is 2.17. The summed E-state index contributed by atoms with van der Waals surface area (Å²) in [5, 5.41) is 7.92. The van der Waals surface area contributed by atoms with Gasteiger partial charge < -0.3 is 16.1 Å². The van der Waals surface area contributed by atoms with E-state index >= 15 is 0 Å². The number of anilines is 2. The number of aromatic nitrogens is 2. The fraction of sp³-hybridized carbons (Fsp3) is 0.400. The van der Waals surface area contributed by atoms with Gasteiger partial charge in [-0.3, -0.25) is 9.78 Å². The van der Waals surface area contributed by atoms with Gasteiger partial charge in [0.15, 0.2) is 0 Å². The molecule has 3 aromatic rings. The van der Waals surface area contributed by atoms with Crippen molar-refractivity contribution >= 4 is 40.7 Å². The fourth-order valence-electron chi connectivity index (χ4n) is 4.31. The van der Waals surface area contributed by atoms with Gasteiger partial charge in [0.05, 0.1) is 11.1 Å². The molecule has 33 heavy (non-hydrogen) atoms. The fourth-order valence-corrected chi connectivity index (χ4v) is 4.31. The number of hydrogen-bond donors (Lipinski definition) is 4. The summed E-state index contributed by atoms with van der Waals surface area (Å²) in [4.78, 5) is 21.1. The van der Waals surface area contributed by atoms with Crippen molar-refractivity contribution in [3.8, 4) is 0 Å². The third-order valence-corrected chi connectivity index (χ3v) is 6.03. The summed E-state index contributed by atoms with van der Waals surface area (Å²) in [5.41, 5.74) is 8.08. The summed E-state index contributed by atoms with van der Waals surface area (Å²) in [6, 6.07) is 11.9. The number of nitrogens with one attached hydrogen (secondary N) is 3. The zero-order valence-corrected chi connectivity index (χ0v) is 19.7. The molecule has 8 heteroatoms. The van der Waals surface area contributed by atoms with Crippen LogP contribution in [-0.2, 0) is 12.8 Å². The van der Waals surface area contributed by atoms with Crippen molar-refractivity contribution in [3.63, 3.8) is 0 Å². The summed E-state index contributed by atoms with van der Waals surface area (Å²) in [5.74, 6) is 5.73. The smallest absolute Gasteiger partial charge is 0.252 e. The van der Waals surface area contributed by atoms with E-state index in [0.29, 0.717) is 17.9 Å². The minimum Gasteiger partial charge on any atom is -0.384 e. The van der Waals surface area contributed by atoms with Gasteiger partial charge in [-0.25, -0.2) is 10.8 Å². The number of hydrogen-bond acceptors (Lipinski definition) is 6. The number of carbonyl (C=O) groups is 1. The number of amides is 1. The average molecular weight is 469 g/mol. The predicted molar refractivity (Wildman–Crippen MR) is 137 cm³/mol. The highest BCUT2D eigenvalue weighted by molar-refractivity contribution is 5.94. The normalized spacial score (nSPS) is 12.5. The topological polar surface area (TPSA) is 105 Å². The number of benzene rings is 1. The van der Waals surface area contributed by atoms with Gasteiger partial charge in [0.1, 0.15) is 5.82 Å². The lowest BCUT2D eigenvalue weighted by molar-refractivity contribution is 0.0952. The minimum atomic E-state index is -0.0999. The van der Waals surface area contributed by atoms with E-state index in [2.05, 4.69) is 45.3 Å². The number of pyridine rings is 2. The first-order valence-corrected chi connectivity index (χ1v) is 11.6. The zero-order valence-electron chi connectivity index (χ0n) is 18.9. The van der Waals surface area contributed by atoms with Gasteiger partial charge in [-0.1, -0.05) is 31.0 Å². The summed E-state index contributed by atoms with van der Waals surface area (Å²) >= 11 is 0. The summed E-state index contributed by atoms with van der Waals surface area (Å²) in [7, 11) is 0. The van der Waals surface area contributed by atoms with Crippen LogP contribution in [0.3, 0.4) is 0 Å². The van der Waals surface area contributed by atoms with Crippen molar-refractivity contribution in [3.05, 3.63) is 59.4 Å². The second-order valence-electron chi connectivity index (χ2n) is 8.31. The van der Waals surface area contributed by atoms with Crippen LogP contribution in [0, 0.1) is 0 Å². The van der Waals surface area contributed by atoms with Crippen LogP contribution < -0.4 is 21.9 Å². The molecule has 0 fully saturated rings. The lowest BCUT2D eigenvalue weighted by atomic mass is 9.92. The van der Waals surface area contributed by atoms with Crippen LogP contribution in [0.2, 0.25) is 0 Å². The summed E-state index contributed by atoms with van der Waals surface area (Å²) in [6.45, 7) is 1.63. The van der Waals surface area contributed by atoms with E-state index < -0.39 is 0 Å². The molecule has 0 aliphatic heterocycles.